The predicted octanol–water partition coefficient (Wildman–Crippen LogP) is 4.46. The molecule has 0 aromatic heterocycles. The van der Waals surface area contributed by atoms with Crippen LogP contribution in [0.2, 0.25) is 0 Å². The number of fused-ring (bicyclic) bond motifs is 1. The molecular weight excluding hydrogens is 334 g/mol. The van der Waals surface area contributed by atoms with Gasteiger partial charge < -0.3 is 10.6 Å². The van der Waals surface area contributed by atoms with E-state index in [1.807, 2.05) is 0 Å². The van der Waals surface area contributed by atoms with E-state index in [-0.39, 0.29) is 23.6 Å². The Balaban J connectivity index is 1.65. The third kappa shape index (κ3) is 5.13. The molecule has 4 heteroatoms. The average molecular weight is 366 g/mol. The van der Waals surface area contributed by atoms with Gasteiger partial charge in [-0.15, -0.1) is 0 Å². The standard InChI is InChI=1S/C23H31N3O/c1-2-22(19-13-12-17-8-6-7-9-18(17)14-19)25-16-20(15-24)23(27)26-21-10-4-3-5-11-21/h12-14,16,21-22,25H,2-11H2,1H3,(H,26,27)/b20-16-. The fourth-order valence-corrected chi connectivity index (χ4v) is 4.26. The van der Waals surface area contributed by atoms with Crippen LogP contribution in [0.25, 0.3) is 0 Å². The first-order valence-electron chi connectivity index (χ1n) is 10.5. The van der Waals surface area contributed by atoms with Gasteiger partial charge in [-0.3, -0.25) is 4.79 Å². The zero-order valence-corrected chi connectivity index (χ0v) is 16.4. The number of hydrogen-bond donors (Lipinski definition) is 2. The van der Waals surface area contributed by atoms with Crippen LogP contribution in [0.3, 0.4) is 0 Å². The van der Waals surface area contributed by atoms with E-state index in [1.54, 1.807) is 6.20 Å². The minimum absolute atomic E-state index is 0.114. The molecule has 2 aliphatic carbocycles. The van der Waals surface area contributed by atoms with Crippen molar-refractivity contribution < 1.29 is 4.79 Å². The van der Waals surface area contributed by atoms with Crippen LogP contribution in [0.5, 0.6) is 0 Å². The molecule has 1 unspecified atom stereocenters. The molecular formula is C23H31N3O. The minimum Gasteiger partial charge on any atom is -0.383 e. The summed E-state index contributed by atoms with van der Waals surface area (Å²) in [5.74, 6) is -0.253. The van der Waals surface area contributed by atoms with Gasteiger partial charge in [-0.1, -0.05) is 44.4 Å². The van der Waals surface area contributed by atoms with Crippen molar-refractivity contribution in [1.29, 1.82) is 5.26 Å². The summed E-state index contributed by atoms with van der Waals surface area (Å²) < 4.78 is 0. The molecule has 0 bridgehead atoms. The molecule has 1 aromatic rings. The number of nitriles is 1. The minimum atomic E-state index is -0.253. The van der Waals surface area contributed by atoms with Crippen molar-refractivity contribution in [2.75, 3.05) is 0 Å². The zero-order valence-electron chi connectivity index (χ0n) is 16.4. The predicted molar refractivity (Wildman–Crippen MR) is 108 cm³/mol. The van der Waals surface area contributed by atoms with Crippen LogP contribution in [0, 0.1) is 11.3 Å². The summed E-state index contributed by atoms with van der Waals surface area (Å²) in [6.07, 6.45) is 13.0. The molecule has 4 nitrogen and oxygen atoms in total. The average Bonchev–Trinajstić information content (AvgIpc) is 2.71. The van der Waals surface area contributed by atoms with Crippen LogP contribution in [0.1, 0.15) is 81.0 Å². The summed E-state index contributed by atoms with van der Waals surface area (Å²) in [6.45, 7) is 2.12. The first kappa shape index (κ1) is 19.5. The van der Waals surface area contributed by atoms with E-state index >= 15 is 0 Å². The molecule has 1 atom stereocenters. The van der Waals surface area contributed by atoms with E-state index in [1.165, 1.54) is 42.4 Å². The molecule has 27 heavy (non-hydrogen) atoms. The fraction of sp³-hybridized carbons (Fsp3) is 0.565. The Morgan fingerprint density at radius 3 is 2.63 bits per heavy atom. The smallest absolute Gasteiger partial charge is 0.263 e. The molecule has 1 aromatic carbocycles. The number of aryl methyl sites for hydroxylation is 2. The molecule has 0 aliphatic heterocycles. The first-order valence-corrected chi connectivity index (χ1v) is 10.5. The third-order valence-electron chi connectivity index (χ3n) is 5.92. The Morgan fingerprint density at radius 2 is 1.93 bits per heavy atom. The summed E-state index contributed by atoms with van der Waals surface area (Å²) in [4.78, 5) is 12.4. The molecule has 3 rings (SSSR count). The number of benzene rings is 1. The molecule has 0 spiro atoms. The molecule has 0 radical (unpaired) electrons. The van der Waals surface area contributed by atoms with E-state index in [0.29, 0.717) is 0 Å². The van der Waals surface area contributed by atoms with E-state index in [4.69, 9.17) is 0 Å². The van der Waals surface area contributed by atoms with Gasteiger partial charge in [-0.2, -0.15) is 5.26 Å². The number of amides is 1. The molecule has 1 fully saturated rings. The molecule has 144 valence electrons. The summed E-state index contributed by atoms with van der Waals surface area (Å²) in [5.41, 5.74) is 4.33. The van der Waals surface area contributed by atoms with Crippen molar-refractivity contribution in [3.63, 3.8) is 0 Å². The summed E-state index contributed by atoms with van der Waals surface area (Å²) >= 11 is 0. The maximum atomic E-state index is 12.4. The summed E-state index contributed by atoms with van der Waals surface area (Å²) in [6, 6.07) is 9.13. The maximum absolute atomic E-state index is 12.4. The van der Waals surface area contributed by atoms with Gasteiger partial charge >= 0.3 is 0 Å². The Morgan fingerprint density at radius 1 is 1.19 bits per heavy atom. The van der Waals surface area contributed by atoms with E-state index in [0.717, 1.165) is 38.5 Å². The van der Waals surface area contributed by atoms with Gasteiger partial charge in [-0.25, -0.2) is 0 Å². The zero-order chi connectivity index (χ0) is 19.1. The topological polar surface area (TPSA) is 64.9 Å². The third-order valence-corrected chi connectivity index (χ3v) is 5.92. The SMILES string of the molecule is CCC(N/C=C(/C#N)C(=O)NC1CCCCC1)c1ccc2c(c1)CCCC2. The molecule has 2 aliphatic rings. The highest BCUT2D eigenvalue weighted by atomic mass is 16.1. The van der Waals surface area contributed by atoms with Crippen molar-refractivity contribution in [3.8, 4) is 6.07 Å². The Hall–Kier alpha value is -2.28. The maximum Gasteiger partial charge on any atom is 0.263 e. The number of nitrogens with one attached hydrogen (secondary N) is 2. The second-order valence-corrected chi connectivity index (χ2v) is 7.84. The number of carbonyl (C=O) groups excluding carboxylic acids is 1. The van der Waals surface area contributed by atoms with Crippen molar-refractivity contribution in [2.24, 2.45) is 0 Å². The highest BCUT2D eigenvalue weighted by Crippen LogP contribution is 2.26. The van der Waals surface area contributed by atoms with Gasteiger partial charge in [0.1, 0.15) is 11.6 Å². The van der Waals surface area contributed by atoms with Crippen LogP contribution in [0.15, 0.2) is 30.0 Å². The largest absolute Gasteiger partial charge is 0.383 e. The fourth-order valence-electron chi connectivity index (χ4n) is 4.26. The quantitative estimate of drug-likeness (QED) is 0.578. The van der Waals surface area contributed by atoms with Gasteiger partial charge in [0.15, 0.2) is 0 Å². The lowest BCUT2D eigenvalue weighted by Gasteiger charge is -2.23. The van der Waals surface area contributed by atoms with E-state index < -0.39 is 0 Å². The highest BCUT2D eigenvalue weighted by molar-refractivity contribution is 5.97. The second kappa shape index (κ2) is 9.60. The second-order valence-electron chi connectivity index (χ2n) is 7.84. The Kier molecular flexibility index (Phi) is 6.92. The number of carbonyl (C=O) groups is 1. The molecule has 1 amide bonds. The van der Waals surface area contributed by atoms with Crippen molar-refractivity contribution >= 4 is 5.91 Å². The lowest BCUT2D eigenvalue weighted by Crippen LogP contribution is -2.37. The molecule has 2 N–H and O–H groups in total. The molecule has 1 saturated carbocycles. The highest BCUT2D eigenvalue weighted by Gasteiger charge is 2.19. The van der Waals surface area contributed by atoms with Crippen molar-refractivity contribution in [1.82, 2.24) is 10.6 Å². The van der Waals surface area contributed by atoms with Gasteiger partial charge in [0, 0.05) is 12.2 Å². The van der Waals surface area contributed by atoms with Crippen LogP contribution < -0.4 is 10.6 Å². The van der Waals surface area contributed by atoms with Crippen LogP contribution in [-0.4, -0.2) is 11.9 Å². The summed E-state index contributed by atoms with van der Waals surface area (Å²) in [7, 11) is 0. The van der Waals surface area contributed by atoms with Gasteiger partial charge in [-0.05, 0) is 61.6 Å². The van der Waals surface area contributed by atoms with Gasteiger partial charge in [0.05, 0.1) is 6.04 Å². The Labute approximate surface area is 163 Å². The number of hydrogen-bond acceptors (Lipinski definition) is 3. The number of nitrogens with zero attached hydrogens (tertiary/aromatic N) is 1. The Bertz CT molecular complexity index is 726. The van der Waals surface area contributed by atoms with Crippen molar-refractivity contribution in [2.45, 2.75) is 83.2 Å². The molecule has 0 heterocycles. The van der Waals surface area contributed by atoms with Crippen LogP contribution in [-0.2, 0) is 17.6 Å². The van der Waals surface area contributed by atoms with Crippen LogP contribution in [0.4, 0.5) is 0 Å². The monoisotopic (exact) mass is 365 g/mol. The normalized spacial score (nSPS) is 18.9. The van der Waals surface area contributed by atoms with E-state index in [9.17, 15) is 10.1 Å². The van der Waals surface area contributed by atoms with Gasteiger partial charge in [0.25, 0.3) is 5.91 Å². The van der Waals surface area contributed by atoms with Crippen LogP contribution >= 0.6 is 0 Å². The number of rotatable bonds is 6. The van der Waals surface area contributed by atoms with Gasteiger partial charge in [0.2, 0.25) is 0 Å². The summed E-state index contributed by atoms with van der Waals surface area (Å²) in [5, 5.41) is 15.8. The lowest BCUT2D eigenvalue weighted by atomic mass is 9.89. The van der Waals surface area contributed by atoms with Crippen molar-refractivity contribution in [3.05, 3.63) is 46.7 Å². The molecule has 0 saturated heterocycles. The lowest BCUT2D eigenvalue weighted by molar-refractivity contribution is -0.118. The first-order chi connectivity index (χ1) is 13.2. The van der Waals surface area contributed by atoms with E-state index in [2.05, 4.69) is 41.8 Å².